The van der Waals surface area contributed by atoms with Crippen LogP contribution < -0.4 is 5.32 Å². The molecule has 0 fully saturated rings. The Morgan fingerprint density at radius 2 is 1.97 bits per heavy atom. The maximum Gasteiger partial charge on any atom is 0.245 e. The Hall–Kier alpha value is -3.59. The molecule has 3 aromatic rings. The average Bonchev–Trinajstić information content (AvgIpc) is 3.15. The molecule has 2 aromatic carbocycles. The first-order valence-electron chi connectivity index (χ1n) is 10.6. The summed E-state index contributed by atoms with van der Waals surface area (Å²) in [5.41, 5.74) is 1.30. The van der Waals surface area contributed by atoms with Crippen molar-refractivity contribution in [3.05, 3.63) is 64.1 Å². The van der Waals surface area contributed by atoms with Gasteiger partial charge in [0.15, 0.2) is 5.78 Å². The number of hydrogen-bond donors (Lipinski definition) is 1. The number of hydrogen-bond acceptors (Lipinski definition) is 5. The zero-order valence-corrected chi connectivity index (χ0v) is 19.7. The lowest BCUT2D eigenvalue weighted by molar-refractivity contribution is -0.138. The van der Waals surface area contributed by atoms with Gasteiger partial charge in [-0.15, -0.1) is 0 Å². The summed E-state index contributed by atoms with van der Waals surface area (Å²) < 4.78 is 15.4. The fraction of sp³-hybridized carbons (Fsp3) is 0.292. The number of benzene rings is 2. The summed E-state index contributed by atoms with van der Waals surface area (Å²) in [6, 6.07) is 8.95. The third-order valence-corrected chi connectivity index (χ3v) is 5.59. The molecule has 0 atom stereocenters. The molecule has 8 nitrogen and oxygen atoms in total. The summed E-state index contributed by atoms with van der Waals surface area (Å²) in [6.07, 6.45) is 0.667. The van der Waals surface area contributed by atoms with Crippen molar-refractivity contribution >= 4 is 46.4 Å². The van der Waals surface area contributed by atoms with Gasteiger partial charge >= 0.3 is 0 Å². The number of halogens is 2. The Morgan fingerprint density at radius 1 is 1.24 bits per heavy atom. The molecule has 0 spiro atoms. The second kappa shape index (κ2) is 10.6. The number of fused-ring (bicyclic) bond motifs is 1. The minimum atomic E-state index is -0.606. The lowest BCUT2D eigenvalue weighted by Gasteiger charge is -2.26. The number of carbonyl (C=O) groups is 4. The van der Waals surface area contributed by atoms with Crippen LogP contribution in [0.3, 0.4) is 0 Å². The Labute approximate surface area is 200 Å². The van der Waals surface area contributed by atoms with Crippen molar-refractivity contribution < 1.29 is 23.6 Å². The van der Waals surface area contributed by atoms with Gasteiger partial charge in [0.1, 0.15) is 24.3 Å². The highest BCUT2D eigenvalue weighted by molar-refractivity contribution is 6.30. The average molecular weight is 487 g/mol. The van der Waals surface area contributed by atoms with Gasteiger partial charge in [-0.3, -0.25) is 23.9 Å². The largest absolute Gasteiger partial charge is 0.350 e. The number of aldehydes is 1. The van der Waals surface area contributed by atoms with E-state index < -0.39 is 17.6 Å². The van der Waals surface area contributed by atoms with Crippen LogP contribution >= 0.6 is 11.6 Å². The summed E-state index contributed by atoms with van der Waals surface area (Å²) >= 11 is 5.77. The minimum absolute atomic E-state index is 0.0395. The topological polar surface area (TPSA) is 101 Å². The van der Waals surface area contributed by atoms with Gasteiger partial charge < -0.3 is 10.2 Å². The number of nitrogens with zero attached hydrogens (tertiary/aromatic N) is 3. The van der Waals surface area contributed by atoms with Crippen molar-refractivity contribution in [1.82, 2.24) is 20.0 Å². The van der Waals surface area contributed by atoms with E-state index in [-0.39, 0.29) is 47.7 Å². The zero-order chi connectivity index (χ0) is 25.0. The Kier molecular flexibility index (Phi) is 7.78. The fourth-order valence-corrected chi connectivity index (χ4v) is 3.71. The molecule has 0 aliphatic heterocycles. The van der Waals surface area contributed by atoms with E-state index in [0.717, 1.165) is 0 Å². The Morgan fingerprint density at radius 3 is 2.62 bits per heavy atom. The maximum absolute atomic E-state index is 14.0. The Balaban J connectivity index is 1.75. The van der Waals surface area contributed by atoms with Crippen LogP contribution in [0, 0.1) is 5.82 Å². The van der Waals surface area contributed by atoms with Crippen LogP contribution in [0.2, 0.25) is 5.02 Å². The first-order chi connectivity index (χ1) is 16.1. The summed E-state index contributed by atoms with van der Waals surface area (Å²) in [7, 11) is 0. The van der Waals surface area contributed by atoms with E-state index in [4.69, 9.17) is 11.6 Å². The number of Topliss-reactive ketones (excluding diaryl/α,β-unsaturated/α-hetero) is 1. The number of amides is 2. The normalized spacial score (nSPS) is 11.0. The number of carbonyl (C=O) groups excluding carboxylic acids is 4. The molecule has 0 unspecified atom stereocenters. The summed E-state index contributed by atoms with van der Waals surface area (Å²) in [5, 5.41) is 7.30. The van der Waals surface area contributed by atoms with Gasteiger partial charge in [0, 0.05) is 36.0 Å². The summed E-state index contributed by atoms with van der Waals surface area (Å²) in [5.74, 6) is -1.76. The molecule has 0 saturated heterocycles. The molecule has 0 aliphatic carbocycles. The monoisotopic (exact) mass is 486 g/mol. The lowest BCUT2D eigenvalue weighted by Crippen LogP contribution is -2.45. The molecule has 3 rings (SSSR count). The standard InChI is InChI=1S/C24H24ClFN4O4/c1-14(2)29(11-21(33)27-10-17-5-4-6-19(25)23(17)26)22(34)12-30-20-8-7-16(13-31)9-18(20)24(28-30)15(3)32/h4-9,13-14H,10-12H2,1-3H3,(H,27,33). The van der Waals surface area contributed by atoms with Crippen LogP contribution in [-0.4, -0.2) is 51.2 Å². The van der Waals surface area contributed by atoms with Crippen molar-refractivity contribution in [1.29, 1.82) is 0 Å². The predicted octanol–water partition coefficient (Wildman–Crippen LogP) is 3.40. The van der Waals surface area contributed by atoms with Crippen LogP contribution in [0.5, 0.6) is 0 Å². The van der Waals surface area contributed by atoms with Crippen LogP contribution in [0.15, 0.2) is 36.4 Å². The number of ketones is 1. The second-order valence-corrected chi connectivity index (χ2v) is 8.47. The number of rotatable bonds is 9. The molecule has 178 valence electrons. The molecule has 0 saturated carbocycles. The predicted molar refractivity (Wildman–Crippen MR) is 125 cm³/mol. The molecule has 0 bridgehead atoms. The van der Waals surface area contributed by atoms with Crippen LogP contribution in [0.25, 0.3) is 10.9 Å². The second-order valence-electron chi connectivity index (χ2n) is 8.06. The van der Waals surface area contributed by atoms with Crippen LogP contribution in [0.1, 0.15) is 47.2 Å². The molecule has 34 heavy (non-hydrogen) atoms. The summed E-state index contributed by atoms with van der Waals surface area (Å²) in [4.78, 5) is 50.1. The Bertz CT molecular complexity index is 1270. The van der Waals surface area contributed by atoms with Crippen molar-refractivity contribution in [2.75, 3.05) is 6.54 Å². The van der Waals surface area contributed by atoms with E-state index in [1.807, 2.05) is 0 Å². The van der Waals surface area contributed by atoms with Gasteiger partial charge in [-0.1, -0.05) is 23.7 Å². The maximum atomic E-state index is 14.0. The highest BCUT2D eigenvalue weighted by Gasteiger charge is 2.23. The van der Waals surface area contributed by atoms with Gasteiger partial charge in [0.2, 0.25) is 11.8 Å². The molecule has 1 N–H and O–H groups in total. The van der Waals surface area contributed by atoms with E-state index in [1.54, 1.807) is 38.1 Å². The quantitative estimate of drug-likeness (QED) is 0.369. The first-order valence-corrected chi connectivity index (χ1v) is 11.0. The highest BCUT2D eigenvalue weighted by atomic mass is 35.5. The van der Waals surface area contributed by atoms with Crippen LogP contribution in [-0.2, 0) is 22.7 Å². The fourth-order valence-electron chi connectivity index (χ4n) is 3.52. The van der Waals surface area contributed by atoms with Crippen molar-refractivity contribution in [2.24, 2.45) is 0 Å². The van der Waals surface area contributed by atoms with Crippen molar-refractivity contribution in [3.8, 4) is 0 Å². The van der Waals surface area contributed by atoms with Gasteiger partial charge in [0.05, 0.1) is 17.1 Å². The van der Waals surface area contributed by atoms with Crippen LogP contribution in [0.4, 0.5) is 4.39 Å². The molecule has 1 aromatic heterocycles. The number of nitrogens with one attached hydrogen (secondary N) is 1. The highest BCUT2D eigenvalue weighted by Crippen LogP contribution is 2.21. The molecular weight excluding hydrogens is 463 g/mol. The van der Waals surface area contributed by atoms with E-state index in [1.165, 1.54) is 28.6 Å². The van der Waals surface area contributed by atoms with Gasteiger partial charge in [-0.05, 0) is 38.1 Å². The van der Waals surface area contributed by atoms with Crippen molar-refractivity contribution in [2.45, 2.75) is 39.9 Å². The first kappa shape index (κ1) is 25.0. The SMILES string of the molecule is CC(=O)c1nn(CC(=O)N(CC(=O)NCc2cccc(Cl)c2F)C(C)C)c2ccc(C=O)cc12. The smallest absolute Gasteiger partial charge is 0.245 e. The molecular formula is C24H24ClFN4O4. The lowest BCUT2D eigenvalue weighted by atomic mass is 10.1. The third-order valence-electron chi connectivity index (χ3n) is 5.29. The zero-order valence-electron chi connectivity index (χ0n) is 19.0. The van der Waals surface area contributed by atoms with E-state index in [0.29, 0.717) is 22.8 Å². The van der Waals surface area contributed by atoms with Gasteiger partial charge in [-0.2, -0.15) is 5.10 Å². The van der Waals surface area contributed by atoms with Gasteiger partial charge in [-0.25, -0.2) is 4.39 Å². The van der Waals surface area contributed by atoms with E-state index in [9.17, 15) is 23.6 Å². The van der Waals surface area contributed by atoms with E-state index in [2.05, 4.69) is 10.4 Å². The molecule has 1 heterocycles. The molecule has 0 aliphatic rings. The van der Waals surface area contributed by atoms with Gasteiger partial charge in [0.25, 0.3) is 0 Å². The summed E-state index contributed by atoms with van der Waals surface area (Å²) in [6.45, 7) is 4.36. The molecule has 10 heteroatoms. The third kappa shape index (κ3) is 5.48. The van der Waals surface area contributed by atoms with E-state index >= 15 is 0 Å². The van der Waals surface area contributed by atoms with Crippen molar-refractivity contribution in [3.63, 3.8) is 0 Å². The number of aromatic nitrogens is 2. The minimum Gasteiger partial charge on any atom is -0.350 e. The molecule has 2 amide bonds. The molecule has 0 radical (unpaired) electrons.